The monoisotopic (exact) mass is 405 g/mol. The molecule has 1 heterocycles. The number of hydrogen-bond donors (Lipinski definition) is 2. The van der Waals surface area contributed by atoms with E-state index in [1.165, 1.54) is 0 Å². The van der Waals surface area contributed by atoms with Crippen molar-refractivity contribution in [2.75, 3.05) is 32.1 Å². The van der Waals surface area contributed by atoms with Gasteiger partial charge in [-0.2, -0.15) is 0 Å². The highest BCUT2D eigenvalue weighted by atomic mass is 79.9. The van der Waals surface area contributed by atoms with Crippen molar-refractivity contribution in [3.8, 4) is 0 Å². The zero-order valence-electron chi connectivity index (χ0n) is 13.5. The topological polar surface area (TPSA) is 67.6 Å². The zero-order valence-corrected chi connectivity index (χ0v) is 16.0. The van der Waals surface area contributed by atoms with Gasteiger partial charge in [0.05, 0.1) is 12.6 Å². The highest BCUT2D eigenvalue weighted by molar-refractivity contribution is 9.10. The van der Waals surface area contributed by atoms with Crippen LogP contribution in [0.1, 0.15) is 18.4 Å². The third-order valence-electron chi connectivity index (χ3n) is 4.18. The zero-order chi connectivity index (χ0) is 16.1. The molecule has 7 heteroatoms. The fourth-order valence-electron chi connectivity index (χ4n) is 2.84. The third-order valence-corrected chi connectivity index (χ3v) is 5.07. The largest absolute Gasteiger partial charge is 0.381 e. The molecule has 1 amide bonds. The third kappa shape index (κ3) is 5.72. The van der Waals surface area contributed by atoms with Gasteiger partial charge in [-0.1, -0.05) is 15.9 Å². The van der Waals surface area contributed by atoms with Gasteiger partial charge >= 0.3 is 0 Å². The molecule has 3 N–H and O–H groups in total. The minimum absolute atomic E-state index is 0. The number of rotatable bonds is 5. The minimum Gasteiger partial charge on any atom is -0.381 e. The van der Waals surface area contributed by atoms with Crippen molar-refractivity contribution < 1.29 is 9.53 Å². The summed E-state index contributed by atoms with van der Waals surface area (Å²) in [5.74, 6) is -0.00367. The van der Waals surface area contributed by atoms with E-state index in [1.807, 2.05) is 25.1 Å². The van der Waals surface area contributed by atoms with Crippen molar-refractivity contribution in [1.82, 2.24) is 4.90 Å². The fraction of sp³-hybridized carbons (Fsp3) is 0.562. The Labute approximate surface area is 152 Å². The molecule has 0 radical (unpaired) electrons. The lowest BCUT2D eigenvalue weighted by molar-refractivity contribution is -0.118. The van der Waals surface area contributed by atoms with E-state index in [2.05, 4.69) is 26.1 Å². The Balaban J connectivity index is 0.00000264. The summed E-state index contributed by atoms with van der Waals surface area (Å²) in [4.78, 5) is 14.4. The standard InChI is InChI=1S/C16H24BrN3O2.ClH/c1-11-7-12(3-4-15(11)17)19-16(21)10-20-6-5-14(22-2)8-13(20)9-18;/h3-4,7,13-14H,5-6,8-10,18H2,1-2H3,(H,19,21);1H. The Kier molecular flexibility index (Phi) is 8.50. The first kappa shape index (κ1) is 20.4. The maximum absolute atomic E-state index is 12.3. The minimum atomic E-state index is -0.00367. The Morgan fingerprint density at radius 1 is 1.52 bits per heavy atom. The number of carbonyl (C=O) groups is 1. The molecule has 1 aromatic rings. The van der Waals surface area contributed by atoms with Crippen molar-refractivity contribution in [3.63, 3.8) is 0 Å². The van der Waals surface area contributed by atoms with Crippen LogP contribution in [0.15, 0.2) is 22.7 Å². The molecule has 2 unspecified atom stereocenters. The molecule has 130 valence electrons. The van der Waals surface area contributed by atoms with Crippen LogP contribution in [0, 0.1) is 6.92 Å². The molecule has 2 atom stereocenters. The number of hydrogen-bond acceptors (Lipinski definition) is 4. The molecule has 1 aliphatic rings. The van der Waals surface area contributed by atoms with Crippen molar-refractivity contribution in [1.29, 1.82) is 0 Å². The van der Waals surface area contributed by atoms with Crippen LogP contribution in [0.25, 0.3) is 0 Å². The van der Waals surface area contributed by atoms with Gasteiger partial charge in [0.1, 0.15) is 0 Å². The summed E-state index contributed by atoms with van der Waals surface area (Å²) in [6.07, 6.45) is 2.08. The molecular formula is C16H25BrClN3O2. The molecule has 1 fully saturated rings. The SMILES string of the molecule is COC1CCN(CC(=O)Nc2ccc(Br)c(C)c2)C(CN)C1.Cl. The Morgan fingerprint density at radius 2 is 2.26 bits per heavy atom. The van der Waals surface area contributed by atoms with Gasteiger partial charge in [0.15, 0.2) is 0 Å². The Hall–Kier alpha value is -0.660. The van der Waals surface area contributed by atoms with Crippen LogP contribution in [0.4, 0.5) is 5.69 Å². The molecule has 23 heavy (non-hydrogen) atoms. The quantitative estimate of drug-likeness (QED) is 0.788. The molecule has 1 saturated heterocycles. The molecule has 0 bridgehead atoms. The number of nitrogens with zero attached hydrogens (tertiary/aromatic N) is 1. The van der Waals surface area contributed by atoms with E-state index >= 15 is 0 Å². The van der Waals surface area contributed by atoms with Crippen LogP contribution in [0.2, 0.25) is 0 Å². The Bertz CT molecular complexity index is 530. The summed E-state index contributed by atoms with van der Waals surface area (Å²) in [5, 5.41) is 2.95. The van der Waals surface area contributed by atoms with Crippen molar-refractivity contribution in [2.24, 2.45) is 5.73 Å². The maximum Gasteiger partial charge on any atom is 0.238 e. The number of aryl methyl sites for hydroxylation is 1. The summed E-state index contributed by atoms with van der Waals surface area (Å²) in [6.45, 7) is 3.75. The second kappa shape index (κ2) is 9.59. The van der Waals surface area contributed by atoms with Crippen LogP contribution < -0.4 is 11.1 Å². The van der Waals surface area contributed by atoms with Gasteiger partial charge in [0.2, 0.25) is 5.91 Å². The fourth-order valence-corrected chi connectivity index (χ4v) is 3.08. The molecular weight excluding hydrogens is 382 g/mol. The maximum atomic E-state index is 12.3. The lowest BCUT2D eigenvalue weighted by atomic mass is 9.99. The number of likely N-dealkylation sites (tertiary alicyclic amines) is 1. The number of carbonyl (C=O) groups excluding carboxylic acids is 1. The van der Waals surface area contributed by atoms with Crippen LogP contribution >= 0.6 is 28.3 Å². The van der Waals surface area contributed by atoms with Gasteiger partial charge in [-0.15, -0.1) is 12.4 Å². The van der Waals surface area contributed by atoms with E-state index in [0.717, 1.165) is 35.1 Å². The molecule has 1 aliphatic heterocycles. The van der Waals surface area contributed by atoms with Crippen LogP contribution in [-0.2, 0) is 9.53 Å². The molecule has 5 nitrogen and oxygen atoms in total. The number of methoxy groups -OCH3 is 1. The predicted octanol–water partition coefficient (Wildman–Crippen LogP) is 2.56. The van der Waals surface area contributed by atoms with E-state index < -0.39 is 0 Å². The molecule has 0 spiro atoms. The molecule has 0 saturated carbocycles. The van der Waals surface area contributed by atoms with Crippen LogP contribution in [-0.4, -0.2) is 49.7 Å². The number of benzene rings is 1. The summed E-state index contributed by atoms with van der Waals surface area (Å²) in [6, 6.07) is 6.00. The van der Waals surface area contributed by atoms with Crippen molar-refractivity contribution in [3.05, 3.63) is 28.2 Å². The smallest absolute Gasteiger partial charge is 0.238 e. The van der Waals surface area contributed by atoms with E-state index in [1.54, 1.807) is 7.11 Å². The first-order valence-corrected chi connectivity index (χ1v) is 8.35. The highest BCUT2D eigenvalue weighted by Gasteiger charge is 2.28. The molecule has 0 aromatic heterocycles. The van der Waals surface area contributed by atoms with Crippen LogP contribution in [0.5, 0.6) is 0 Å². The van der Waals surface area contributed by atoms with Gasteiger partial charge in [-0.3, -0.25) is 9.69 Å². The number of piperidine rings is 1. The van der Waals surface area contributed by atoms with Gasteiger partial charge in [0.25, 0.3) is 0 Å². The summed E-state index contributed by atoms with van der Waals surface area (Å²) in [7, 11) is 1.73. The number of amides is 1. The normalized spacial score (nSPS) is 21.6. The number of nitrogens with one attached hydrogen (secondary N) is 1. The van der Waals surface area contributed by atoms with E-state index in [4.69, 9.17) is 10.5 Å². The Morgan fingerprint density at radius 3 is 2.87 bits per heavy atom. The lowest BCUT2D eigenvalue weighted by Crippen LogP contribution is -2.50. The number of halogens is 2. The van der Waals surface area contributed by atoms with E-state index in [-0.39, 0.29) is 30.5 Å². The summed E-state index contributed by atoms with van der Waals surface area (Å²) < 4.78 is 6.45. The number of ether oxygens (including phenoxy) is 1. The lowest BCUT2D eigenvalue weighted by Gasteiger charge is -2.37. The molecule has 0 aliphatic carbocycles. The number of nitrogens with two attached hydrogens (primary N) is 1. The van der Waals surface area contributed by atoms with Gasteiger partial charge in [-0.05, 0) is 43.5 Å². The van der Waals surface area contributed by atoms with Crippen molar-refractivity contribution >= 4 is 39.9 Å². The molecule has 2 rings (SSSR count). The first-order valence-electron chi connectivity index (χ1n) is 7.56. The van der Waals surface area contributed by atoms with E-state index in [9.17, 15) is 4.79 Å². The van der Waals surface area contributed by atoms with Crippen LogP contribution in [0.3, 0.4) is 0 Å². The van der Waals surface area contributed by atoms with E-state index in [0.29, 0.717) is 13.1 Å². The van der Waals surface area contributed by atoms with Gasteiger partial charge in [0, 0.05) is 36.4 Å². The average Bonchev–Trinajstić information content (AvgIpc) is 2.51. The van der Waals surface area contributed by atoms with Gasteiger partial charge < -0.3 is 15.8 Å². The number of anilines is 1. The summed E-state index contributed by atoms with van der Waals surface area (Å²) in [5.41, 5.74) is 7.76. The predicted molar refractivity (Wildman–Crippen MR) is 99.2 cm³/mol. The van der Waals surface area contributed by atoms with Gasteiger partial charge in [-0.25, -0.2) is 0 Å². The second-order valence-electron chi connectivity index (χ2n) is 5.75. The summed E-state index contributed by atoms with van der Waals surface area (Å²) >= 11 is 3.46. The highest BCUT2D eigenvalue weighted by Crippen LogP contribution is 2.21. The average molecular weight is 407 g/mol. The first-order chi connectivity index (χ1) is 10.5. The van der Waals surface area contributed by atoms with Crippen molar-refractivity contribution in [2.45, 2.75) is 31.9 Å². The second-order valence-corrected chi connectivity index (χ2v) is 6.61. The molecule has 1 aromatic carbocycles.